The van der Waals surface area contributed by atoms with E-state index in [4.69, 9.17) is 16.7 Å². The second-order valence-electron chi connectivity index (χ2n) is 2.34. The fraction of sp³-hybridized carbons (Fsp3) is 0.667. The number of hydrogen-bond donors (Lipinski definition) is 1. The third kappa shape index (κ3) is 2.66. The van der Waals surface area contributed by atoms with Crippen LogP contribution in [0.15, 0.2) is 11.5 Å². The summed E-state index contributed by atoms with van der Waals surface area (Å²) in [7, 11) is 1.86. The highest BCUT2D eigenvalue weighted by Crippen LogP contribution is 2.14. The van der Waals surface area contributed by atoms with Gasteiger partial charge in [0, 0.05) is 18.7 Å². The minimum absolute atomic E-state index is 0.255. The molecule has 1 rings (SSSR count). The van der Waals surface area contributed by atoms with Gasteiger partial charge < -0.3 is 9.67 Å². The molecular weight excluding hydrogens is 198 g/mol. The average molecular weight is 208 g/mol. The first-order chi connectivity index (χ1) is 5.74. The van der Waals surface area contributed by atoms with Crippen molar-refractivity contribution in [2.45, 2.75) is 11.3 Å². The number of halogens is 1. The van der Waals surface area contributed by atoms with Crippen LogP contribution in [-0.2, 0) is 7.05 Å². The number of thioether (sulfide) groups is 1. The van der Waals surface area contributed by atoms with Crippen LogP contribution in [0.2, 0.25) is 0 Å². The Hall–Kier alpha value is -0.260. The predicted molar refractivity (Wildman–Crippen MR) is 48.5 cm³/mol. The van der Waals surface area contributed by atoms with E-state index in [1.54, 1.807) is 10.9 Å². The van der Waals surface area contributed by atoms with Crippen molar-refractivity contribution in [2.75, 3.05) is 11.6 Å². The zero-order chi connectivity index (χ0) is 8.97. The number of aryl methyl sites for hydroxylation is 1. The molecule has 0 fully saturated rings. The van der Waals surface area contributed by atoms with Gasteiger partial charge in [0.2, 0.25) is 0 Å². The van der Waals surface area contributed by atoms with Crippen molar-refractivity contribution in [2.24, 2.45) is 7.05 Å². The van der Waals surface area contributed by atoms with Crippen molar-refractivity contribution < 1.29 is 5.11 Å². The number of aliphatic hydroxyl groups excluding tert-OH is 1. The van der Waals surface area contributed by atoms with Crippen molar-refractivity contribution >= 4 is 23.4 Å². The lowest BCUT2D eigenvalue weighted by Crippen LogP contribution is -2.11. The Kier molecular flexibility index (Phi) is 3.84. The van der Waals surface area contributed by atoms with E-state index in [9.17, 15) is 0 Å². The maximum Gasteiger partial charge on any atom is 0.190 e. The zero-order valence-corrected chi connectivity index (χ0v) is 8.22. The fourth-order valence-corrected chi connectivity index (χ4v) is 1.67. The van der Waals surface area contributed by atoms with Gasteiger partial charge in [-0.3, -0.25) is 0 Å². The fourth-order valence-electron chi connectivity index (χ4n) is 0.619. The Balaban J connectivity index is 2.38. The molecular formula is C6H10ClN3OS. The molecule has 4 nitrogen and oxygen atoms in total. The molecule has 0 spiro atoms. The molecule has 1 unspecified atom stereocenters. The lowest BCUT2D eigenvalue weighted by molar-refractivity contribution is 0.223. The second-order valence-corrected chi connectivity index (χ2v) is 3.64. The maximum atomic E-state index is 9.14. The molecule has 1 aromatic heterocycles. The summed E-state index contributed by atoms with van der Waals surface area (Å²) in [4.78, 5) is 0. The molecule has 1 atom stereocenters. The van der Waals surface area contributed by atoms with Gasteiger partial charge in [-0.05, 0) is 0 Å². The third-order valence-corrected chi connectivity index (χ3v) is 2.79. The molecule has 1 N–H and O–H groups in total. The van der Waals surface area contributed by atoms with E-state index in [0.717, 1.165) is 5.16 Å². The van der Waals surface area contributed by atoms with Crippen LogP contribution in [0.3, 0.4) is 0 Å². The quantitative estimate of drug-likeness (QED) is 0.578. The number of rotatable bonds is 4. The van der Waals surface area contributed by atoms with E-state index >= 15 is 0 Å². The van der Waals surface area contributed by atoms with Gasteiger partial charge in [0.1, 0.15) is 6.33 Å². The largest absolute Gasteiger partial charge is 0.391 e. The highest BCUT2D eigenvalue weighted by atomic mass is 35.5. The maximum absolute atomic E-state index is 9.14. The van der Waals surface area contributed by atoms with Crippen LogP contribution < -0.4 is 0 Å². The number of aromatic nitrogens is 3. The van der Waals surface area contributed by atoms with Crippen molar-refractivity contribution in [3.05, 3.63) is 6.33 Å². The summed E-state index contributed by atoms with van der Waals surface area (Å²) in [5.41, 5.74) is 0. The molecule has 0 amide bonds. The Labute approximate surface area is 79.9 Å². The predicted octanol–water partition coefficient (Wildman–Crippen LogP) is 0.507. The Morgan fingerprint density at radius 2 is 2.58 bits per heavy atom. The normalized spacial score (nSPS) is 13.2. The minimum Gasteiger partial charge on any atom is -0.391 e. The average Bonchev–Trinajstić information content (AvgIpc) is 2.47. The van der Waals surface area contributed by atoms with Crippen molar-refractivity contribution in [1.29, 1.82) is 0 Å². The van der Waals surface area contributed by atoms with E-state index < -0.39 is 6.10 Å². The van der Waals surface area contributed by atoms with Crippen LogP contribution in [-0.4, -0.2) is 37.6 Å². The molecule has 0 aliphatic heterocycles. The molecule has 1 heterocycles. The Bertz CT molecular complexity index is 242. The molecule has 1 aromatic rings. The topological polar surface area (TPSA) is 50.9 Å². The van der Waals surface area contributed by atoms with E-state index in [1.165, 1.54) is 11.8 Å². The van der Waals surface area contributed by atoms with Crippen LogP contribution in [0.25, 0.3) is 0 Å². The van der Waals surface area contributed by atoms with Crippen LogP contribution in [0.4, 0.5) is 0 Å². The molecule has 0 aliphatic rings. The van der Waals surface area contributed by atoms with Crippen molar-refractivity contribution in [3.8, 4) is 0 Å². The van der Waals surface area contributed by atoms with E-state index in [0.29, 0.717) is 5.75 Å². The molecule has 0 saturated heterocycles. The van der Waals surface area contributed by atoms with Gasteiger partial charge in [0.25, 0.3) is 0 Å². The standard InChI is InChI=1S/C6H10ClN3OS/c1-10-4-8-9-6(10)12-3-5(11)2-7/h4-5,11H,2-3H2,1H3. The Morgan fingerprint density at radius 1 is 1.83 bits per heavy atom. The molecule has 0 aliphatic carbocycles. The molecule has 6 heteroatoms. The number of nitrogens with zero attached hydrogens (tertiary/aromatic N) is 3. The molecule has 12 heavy (non-hydrogen) atoms. The highest BCUT2D eigenvalue weighted by molar-refractivity contribution is 7.99. The van der Waals surface area contributed by atoms with Crippen LogP contribution in [0.5, 0.6) is 0 Å². The first-order valence-corrected chi connectivity index (χ1v) is 4.97. The second kappa shape index (κ2) is 4.69. The van der Waals surface area contributed by atoms with Crippen LogP contribution >= 0.6 is 23.4 Å². The summed E-state index contributed by atoms with van der Waals surface area (Å²) >= 11 is 6.87. The third-order valence-electron chi connectivity index (χ3n) is 1.25. The van der Waals surface area contributed by atoms with Gasteiger partial charge in [-0.2, -0.15) is 0 Å². The number of hydrogen-bond acceptors (Lipinski definition) is 4. The summed E-state index contributed by atoms with van der Waals surface area (Å²) in [5, 5.41) is 17.5. The lowest BCUT2D eigenvalue weighted by Gasteiger charge is -2.04. The van der Waals surface area contributed by atoms with Gasteiger partial charge >= 0.3 is 0 Å². The summed E-state index contributed by atoms with van der Waals surface area (Å²) in [6.07, 6.45) is 1.14. The van der Waals surface area contributed by atoms with Crippen LogP contribution in [0.1, 0.15) is 0 Å². The first kappa shape index (κ1) is 9.83. The summed E-state index contributed by atoms with van der Waals surface area (Å²) < 4.78 is 1.80. The zero-order valence-electron chi connectivity index (χ0n) is 6.64. The van der Waals surface area contributed by atoms with Crippen molar-refractivity contribution in [3.63, 3.8) is 0 Å². The lowest BCUT2D eigenvalue weighted by atomic mass is 10.5. The van der Waals surface area contributed by atoms with Crippen LogP contribution in [0, 0.1) is 0 Å². The SMILES string of the molecule is Cn1cnnc1SCC(O)CCl. The summed E-state index contributed by atoms with van der Waals surface area (Å²) in [6.45, 7) is 0. The van der Waals surface area contributed by atoms with E-state index in [1.807, 2.05) is 7.05 Å². The molecule has 0 aromatic carbocycles. The molecule has 0 saturated carbocycles. The summed E-state index contributed by atoms with van der Waals surface area (Å²) in [5.74, 6) is 0.806. The smallest absolute Gasteiger partial charge is 0.190 e. The van der Waals surface area contributed by atoms with E-state index in [-0.39, 0.29) is 5.88 Å². The molecule has 0 bridgehead atoms. The first-order valence-electron chi connectivity index (χ1n) is 3.45. The minimum atomic E-state index is -0.478. The van der Waals surface area contributed by atoms with Gasteiger partial charge in [0.05, 0.1) is 6.10 Å². The van der Waals surface area contributed by atoms with Gasteiger partial charge in [0.15, 0.2) is 5.16 Å². The molecule has 68 valence electrons. The number of aliphatic hydroxyl groups is 1. The highest BCUT2D eigenvalue weighted by Gasteiger charge is 2.06. The Morgan fingerprint density at radius 3 is 3.08 bits per heavy atom. The number of alkyl halides is 1. The van der Waals surface area contributed by atoms with Gasteiger partial charge in [-0.1, -0.05) is 11.8 Å². The van der Waals surface area contributed by atoms with Gasteiger partial charge in [-0.25, -0.2) is 0 Å². The molecule has 0 radical (unpaired) electrons. The monoisotopic (exact) mass is 207 g/mol. The van der Waals surface area contributed by atoms with Gasteiger partial charge in [-0.15, -0.1) is 21.8 Å². The van der Waals surface area contributed by atoms with E-state index in [2.05, 4.69) is 10.2 Å². The van der Waals surface area contributed by atoms with Crippen molar-refractivity contribution in [1.82, 2.24) is 14.8 Å². The summed E-state index contributed by atoms with van der Waals surface area (Å²) in [6, 6.07) is 0.